The van der Waals surface area contributed by atoms with Crippen LogP contribution in [0, 0.1) is 5.41 Å². The number of nitrogens with two attached hydrogens (primary N) is 1. The maximum atomic E-state index is 12.4. The third kappa shape index (κ3) is 3.22. The van der Waals surface area contributed by atoms with Crippen LogP contribution < -0.4 is 10.6 Å². The lowest BCUT2D eigenvalue weighted by Gasteiger charge is -2.30. The van der Waals surface area contributed by atoms with Crippen LogP contribution in [0.15, 0.2) is 18.2 Å². The number of benzene rings is 1. The summed E-state index contributed by atoms with van der Waals surface area (Å²) in [7, 11) is 0. The number of amides is 1. The van der Waals surface area contributed by atoms with Gasteiger partial charge in [-0.2, -0.15) is 0 Å². The van der Waals surface area contributed by atoms with Gasteiger partial charge in [0.05, 0.1) is 6.04 Å². The minimum absolute atomic E-state index is 0. The van der Waals surface area contributed by atoms with E-state index in [1.165, 1.54) is 0 Å². The van der Waals surface area contributed by atoms with E-state index in [-0.39, 0.29) is 23.7 Å². The van der Waals surface area contributed by atoms with Gasteiger partial charge < -0.3 is 10.6 Å². The zero-order valence-electron chi connectivity index (χ0n) is 11.4. The van der Waals surface area contributed by atoms with E-state index >= 15 is 0 Å². The minimum atomic E-state index is -0.498. The smallest absolute Gasteiger partial charge is 0.244 e. The molecule has 0 fully saturated rings. The average molecular weight is 303 g/mol. The van der Waals surface area contributed by atoms with Crippen molar-refractivity contribution in [3.63, 3.8) is 0 Å². The second kappa shape index (κ2) is 5.70. The third-order valence-corrected chi connectivity index (χ3v) is 3.64. The van der Waals surface area contributed by atoms with Crippen LogP contribution in [0.4, 0.5) is 5.69 Å². The van der Waals surface area contributed by atoms with Crippen molar-refractivity contribution in [2.24, 2.45) is 11.1 Å². The maximum absolute atomic E-state index is 12.4. The molecule has 1 aliphatic rings. The van der Waals surface area contributed by atoms with Crippen molar-refractivity contribution in [1.82, 2.24) is 0 Å². The van der Waals surface area contributed by atoms with Gasteiger partial charge in [0.25, 0.3) is 0 Å². The molecule has 106 valence electrons. The SMILES string of the molecule is CC(C)(C)[C@H](N)C(=O)N1CCc2ccc(Cl)cc21.Cl. The zero-order valence-corrected chi connectivity index (χ0v) is 13.0. The van der Waals surface area contributed by atoms with Crippen molar-refractivity contribution in [2.75, 3.05) is 11.4 Å². The van der Waals surface area contributed by atoms with E-state index in [1.807, 2.05) is 39.0 Å². The molecular weight excluding hydrogens is 283 g/mol. The summed E-state index contributed by atoms with van der Waals surface area (Å²) < 4.78 is 0. The molecule has 1 aliphatic heterocycles. The van der Waals surface area contributed by atoms with E-state index in [0.717, 1.165) is 17.7 Å². The summed E-state index contributed by atoms with van der Waals surface area (Å²) in [5.41, 5.74) is 7.88. The molecule has 1 aromatic carbocycles. The second-order valence-corrected chi connectivity index (χ2v) is 6.29. The van der Waals surface area contributed by atoms with Crippen LogP contribution >= 0.6 is 24.0 Å². The summed E-state index contributed by atoms with van der Waals surface area (Å²) >= 11 is 5.99. The Balaban J connectivity index is 0.00000180. The number of hydrogen-bond donors (Lipinski definition) is 1. The van der Waals surface area contributed by atoms with E-state index in [1.54, 1.807) is 4.90 Å². The largest absolute Gasteiger partial charge is 0.319 e. The molecule has 0 bridgehead atoms. The van der Waals surface area contributed by atoms with Crippen molar-refractivity contribution >= 4 is 35.6 Å². The van der Waals surface area contributed by atoms with Crippen LogP contribution in [0.1, 0.15) is 26.3 Å². The average Bonchev–Trinajstić information content (AvgIpc) is 2.68. The van der Waals surface area contributed by atoms with E-state index in [9.17, 15) is 4.79 Å². The van der Waals surface area contributed by atoms with E-state index < -0.39 is 6.04 Å². The number of hydrogen-bond acceptors (Lipinski definition) is 2. The quantitative estimate of drug-likeness (QED) is 0.867. The first kappa shape index (κ1) is 16.3. The van der Waals surface area contributed by atoms with Crippen LogP contribution in [-0.4, -0.2) is 18.5 Å². The second-order valence-electron chi connectivity index (χ2n) is 5.86. The Kier molecular flexibility index (Phi) is 4.88. The van der Waals surface area contributed by atoms with Gasteiger partial charge in [0, 0.05) is 17.3 Å². The van der Waals surface area contributed by atoms with Gasteiger partial charge in [0.1, 0.15) is 0 Å². The molecule has 0 unspecified atom stereocenters. The Morgan fingerprint density at radius 3 is 2.63 bits per heavy atom. The molecule has 1 heterocycles. The summed E-state index contributed by atoms with van der Waals surface area (Å²) in [4.78, 5) is 14.2. The normalized spacial score (nSPS) is 15.7. The molecule has 0 aromatic heterocycles. The topological polar surface area (TPSA) is 46.3 Å². The van der Waals surface area contributed by atoms with Crippen LogP contribution in [-0.2, 0) is 11.2 Å². The fourth-order valence-electron chi connectivity index (χ4n) is 2.12. The summed E-state index contributed by atoms with van der Waals surface area (Å²) in [6.45, 7) is 6.62. The molecule has 5 heteroatoms. The molecule has 1 aromatic rings. The van der Waals surface area contributed by atoms with Crippen molar-refractivity contribution in [3.8, 4) is 0 Å². The molecule has 1 amide bonds. The third-order valence-electron chi connectivity index (χ3n) is 3.41. The number of nitrogens with zero attached hydrogens (tertiary/aromatic N) is 1. The summed E-state index contributed by atoms with van der Waals surface area (Å²) in [5.74, 6) is -0.0245. The van der Waals surface area contributed by atoms with Gasteiger partial charge in [-0.25, -0.2) is 0 Å². The molecule has 0 spiro atoms. The number of carbonyl (C=O) groups excluding carboxylic acids is 1. The molecule has 19 heavy (non-hydrogen) atoms. The lowest BCUT2D eigenvalue weighted by atomic mass is 9.86. The number of rotatable bonds is 1. The number of anilines is 1. The Morgan fingerprint density at radius 2 is 2.05 bits per heavy atom. The highest BCUT2D eigenvalue weighted by Crippen LogP contribution is 2.32. The zero-order chi connectivity index (χ0) is 13.5. The fourth-order valence-corrected chi connectivity index (χ4v) is 2.29. The number of carbonyl (C=O) groups is 1. The Hall–Kier alpha value is -0.770. The molecule has 0 radical (unpaired) electrons. The predicted molar refractivity (Wildman–Crippen MR) is 82.2 cm³/mol. The van der Waals surface area contributed by atoms with Gasteiger partial charge in [-0.05, 0) is 29.5 Å². The van der Waals surface area contributed by atoms with E-state index in [2.05, 4.69) is 0 Å². The maximum Gasteiger partial charge on any atom is 0.244 e. The highest BCUT2D eigenvalue weighted by Gasteiger charge is 2.34. The molecule has 0 saturated heterocycles. The summed E-state index contributed by atoms with van der Waals surface area (Å²) in [6.07, 6.45) is 0.870. The molecule has 1 atom stereocenters. The minimum Gasteiger partial charge on any atom is -0.319 e. The van der Waals surface area contributed by atoms with Gasteiger partial charge in [0.2, 0.25) is 5.91 Å². The lowest BCUT2D eigenvalue weighted by Crippen LogP contribution is -2.50. The highest BCUT2D eigenvalue weighted by atomic mass is 35.5. The van der Waals surface area contributed by atoms with Crippen molar-refractivity contribution in [3.05, 3.63) is 28.8 Å². The standard InChI is InChI=1S/C14H19ClN2O.ClH/c1-14(2,3)12(16)13(18)17-7-6-9-4-5-10(15)8-11(9)17;/h4-5,8,12H,6-7,16H2,1-3H3;1H/t12-;/m1./s1. The first-order valence-electron chi connectivity index (χ1n) is 6.16. The van der Waals surface area contributed by atoms with Gasteiger partial charge in [-0.1, -0.05) is 38.4 Å². The molecule has 2 rings (SSSR count). The molecule has 0 saturated carbocycles. The predicted octanol–water partition coefficient (Wildman–Crippen LogP) is 3.02. The van der Waals surface area contributed by atoms with Crippen molar-refractivity contribution < 1.29 is 4.79 Å². The van der Waals surface area contributed by atoms with Crippen LogP contribution in [0.2, 0.25) is 5.02 Å². The fraction of sp³-hybridized carbons (Fsp3) is 0.500. The molecule has 3 nitrogen and oxygen atoms in total. The molecular formula is C14H20Cl2N2O. The van der Waals surface area contributed by atoms with Gasteiger partial charge in [-0.3, -0.25) is 4.79 Å². The van der Waals surface area contributed by atoms with E-state index in [0.29, 0.717) is 11.6 Å². The Labute approximate surface area is 125 Å². The van der Waals surface area contributed by atoms with Crippen LogP contribution in [0.25, 0.3) is 0 Å². The molecule has 2 N–H and O–H groups in total. The number of halogens is 2. The highest BCUT2D eigenvalue weighted by molar-refractivity contribution is 6.31. The summed E-state index contributed by atoms with van der Waals surface area (Å²) in [6, 6.07) is 5.19. The summed E-state index contributed by atoms with van der Waals surface area (Å²) in [5, 5.41) is 0.651. The Morgan fingerprint density at radius 1 is 1.42 bits per heavy atom. The van der Waals surface area contributed by atoms with Gasteiger partial charge >= 0.3 is 0 Å². The van der Waals surface area contributed by atoms with Gasteiger partial charge in [-0.15, -0.1) is 12.4 Å². The lowest BCUT2D eigenvalue weighted by molar-refractivity contribution is -0.121. The molecule has 0 aliphatic carbocycles. The van der Waals surface area contributed by atoms with Crippen LogP contribution in [0.3, 0.4) is 0 Å². The number of fused-ring (bicyclic) bond motifs is 1. The van der Waals surface area contributed by atoms with Crippen LogP contribution in [0.5, 0.6) is 0 Å². The van der Waals surface area contributed by atoms with Gasteiger partial charge in [0.15, 0.2) is 0 Å². The van der Waals surface area contributed by atoms with E-state index in [4.69, 9.17) is 17.3 Å². The first-order chi connectivity index (χ1) is 8.30. The van der Waals surface area contributed by atoms with Crippen molar-refractivity contribution in [2.45, 2.75) is 33.2 Å². The Bertz CT molecular complexity index is 483. The monoisotopic (exact) mass is 302 g/mol. The van der Waals surface area contributed by atoms with Crippen molar-refractivity contribution in [1.29, 1.82) is 0 Å². The first-order valence-corrected chi connectivity index (χ1v) is 6.54.